The van der Waals surface area contributed by atoms with Crippen LogP contribution in [0.2, 0.25) is 0 Å². The molecule has 154 valence electrons. The molecule has 1 heterocycles. The normalized spacial score (nSPS) is 13.7. The van der Waals surface area contributed by atoms with E-state index in [4.69, 9.17) is 0 Å². The molecule has 1 amide bonds. The minimum Gasteiger partial charge on any atom is -0.352 e. The van der Waals surface area contributed by atoms with Gasteiger partial charge in [-0.1, -0.05) is 39.8 Å². The summed E-state index contributed by atoms with van der Waals surface area (Å²) < 4.78 is 1.56. The number of nitrogens with one attached hydrogen (secondary N) is 1. The van der Waals surface area contributed by atoms with E-state index in [1.807, 2.05) is 24.3 Å². The van der Waals surface area contributed by atoms with E-state index in [0.717, 1.165) is 12.8 Å². The van der Waals surface area contributed by atoms with Gasteiger partial charge in [0, 0.05) is 29.9 Å². The largest absolute Gasteiger partial charge is 0.352 e. The van der Waals surface area contributed by atoms with Crippen molar-refractivity contribution in [3.63, 3.8) is 0 Å². The van der Waals surface area contributed by atoms with Crippen LogP contribution in [0.15, 0.2) is 35.1 Å². The molecule has 0 radical (unpaired) electrons. The first-order valence-corrected chi connectivity index (χ1v) is 10.5. The van der Waals surface area contributed by atoms with Gasteiger partial charge in [0.1, 0.15) is 5.56 Å². The van der Waals surface area contributed by atoms with Crippen LogP contribution in [0.25, 0.3) is 5.69 Å². The van der Waals surface area contributed by atoms with Crippen LogP contribution in [-0.2, 0) is 6.42 Å². The molecule has 0 bridgehead atoms. The molecule has 0 spiro atoms. The lowest BCUT2D eigenvalue weighted by Crippen LogP contribution is -2.36. The fourth-order valence-corrected chi connectivity index (χ4v) is 3.71. The van der Waals surface area contributed by atoms with Gasteiger partial charge in [-0.25, -0.2) is 0 Å². The Morgan fingerprint density at radius 1 is 1.07 bits per heavy atom. The zero-order valence-electron chi connectivity index (χ0n) is 17.7. The molecule has 0 fully saturated rings. The lowest BCUT2D eigenvalue weighted by Gasteiger charge is -2.22. The Balaban J connectivity index is 2.09. The Hall–Kier alpha value is -2.69. The third kappa shape index (κ3) is 4.50. The third-order valence-corrected chi connectivity index (χ3v) is 5.49. The van der Waals surface area contributed by atoms with Gasteiger partial charge in [0.2, 0.25) is 0 Å². The summed E-state index contributed by atoms with van der Waals surface area (Å²) in [7, 11) is 0. The Kier molecular flexibility index (Phi) is 6.36. The fourth-order valence-electron chi connectivity index (χ4n) is 3.71. The van der Waals surface area contributed by atoms with E-state index >= 15 is 0 Å². The second kappa shape index (κ2) is 8.76. The summed E-state index contributed by atoms with van der Waals surface area (Å²) in [6, 6.07) is 9.30. The Morgan fingerprint density at radius 3 is 2.38 bits per heavy atom. The Labute approximate surface area is 172 Å². The van der Waals surface area contributed by atoms with E-state index in [-0.39, 0.29) is 16.9 Å². The second-order valence-corrected chi connectivity index (χ2v) is 8.52. The summed E-state index contributed by atoms with van der Waals surface area (Å²) in [6.45, 7) is 8.90. The molecule has 1 aliphatic rings. The third-order valence-electron chi connectivity index (χ3n) is 5.49. The summed E-state index contributed by atoms with van der Waals surface area (Å²) in [5, 5.41) is 2.83. The van der Waals surface area contributed by atoms with Crippen molar-refractivity contribution < 1.29 is 9.59 Å². The molecule has 0 saturated heterocycles. The fraction of sp³-hybridized carbons (Fsp3) is 0.458. The number of ketones is 1. The molecule has 0 aliphatic heterocycles. The number of pyridine rings is 1. The highest BCUT2D eigenvalue weighted by atomic mass is 16.2. The summed E-state index contributed by atoms with van der Waals surface area (Å²) in [5.41, 5.74) is 2.75. The van der Waals surface area contributed by atoms with Gasteiger partial charge in [0.15, 0.2) is 5.78 Å². The van der Waals surface area contributed by atoms with Gasteiger partial charge in [-0.2, -0.15) is 0 Å². The molecule has 2 aromatic rings. The maximum Gasteiger partial charge on any atom is 0.268 e. The first-order chi connectivity index (χ1) is 13.8. The molecule has 29 heavy (non-hydrogen) atoms. The Morgan fingerprint density at radius 2 is 1.76 bits per heavy atom. The van der Waals surface area contributed by atoms with Crippen molar-refractivity contribution in [3.8, 4) is 5.69 Å². The van der Waals surface area contributed by atoms with Crippen molar-refractivity contribution in [1.29, 1.82) is 0 Å². The highest BCUT2D eigenvalue weighted by Crippen LogP contribution is 2.24. The van der Waals surface area contributed by atoms with Gasteiger partial charge in [0.25, 0.3) is 11.5 Å². The second-order valence-electron chi connectivity index (χ2n) is 8.52. The average molecular weight is 395 g/mol. The molecule has 1 aromatic heterocycles. The quantitative estimate of drug-likeness (QED) is 0.796. The van der Waals surface area contributed by atoms with Crippen molar-refractivity contribution >= 4 is 11.7 Å². The predicted molar refractivity (Wildman–Crippen MR) is 115 cm³/mol. The number of hydrogen-bond donors (Lipinski definition) is 1. The van der Waals surface area contributed by atoms with E-state index in [1.165, 1.54) is 11.6 Å². The minimum absolute atomic E-state index is 0.00460. The van der Waals surface area contributed by atoms with Crippen LogP contribution < -0.4 is 10.9 Å². The van der Waals surface area contributed by atoms with E-state index in [9.17, 15) is 14.4 Å². The standard InChI is InChI=1S/C24H30N2O3/c1-15(2)12-13-25-23(28)20-14-19-21(6-5-7-22(19)27)26(24(20)29)18-10-8-17(9-11-18)16(3)4/h8-11,14-16H,5-7,12-13H2,1-4H3,(H,25,28). The Bertz CT molecular complexity index is 969. The molecule has 0 unspecified atom stereocenters. The van der Waals surface area contributed by atoms with Crippen molar-refractivity contribution in [1.82, 2.24) is 9.88 Å². The van der Waals surface area contributed by atoms with E-state index in [0.29, 0.717) is 48.2 Å². The molecule has 5 nitrogen and oxygen atoms in total. The molecular formula is C24H30N2O3. The number of aromatic nitrogens is 1. The van der Waals surface area contributed by atoms with E-state index in [2.05, 4.69) is 33.0 Å². The zero-order valence-corrected chi connectivity index (χ0v) is 17.7. The topological polar surface area (TPSA) is 68.2 Å². The van der Waals surface area contributed by atoms with E-state index < -0.39 is 5.91 Å². The number of rotatable bonds is 6. The molecule has 1 aliphatic carbocycles. The average Bonchev–Trinajstić information content (AvgIpc) is 2.67. The number of carbonyl (C=O) groups excluding carboxylic acids is 2. The van der Waals surface area contributed by atoms with Gasteiger partial charge in [-0.3, -0.25) is 19.0 Å². The van der Waals surface area contributed by atoms with Crippen LogP contribution in [0.4, 0.5) is 0 Å². The molecule has 5 heteroatoms. The summed E-state index contributed by atoms with van der Waals surface area (Å²) in [6.07, 6.45) is 2.65. The maximum atomic E-state index is 13.3. The molecule has 0 saturated carbocycles. The van der Waals surface area contributed by atoms with E-state index in [1.54, 1.807) is 4.57 Å². The van der Waals surface area contributed by atoms with Crippen molar-refractivity contribution in [2.24, 2.45) is 5.92 Å². The SMILES string of the molecule is CC(C)CCNC(=O)c1cc2c(n(-c3ccc(C(C)C)cc3)c1=O)CCCC2=O. The van der Waals surface area contributed by atoms with Gasteiger partial charge in [-0.05, 0) is 54.9 Å². The van der Waals surface area contributed by atoms with Crippen LogP contribution in [0.3, 0.4) is 0 Å². The minimum atomic E-state index is -0.413. The lowest BCUT2D eigenvalue weighted by molar-refractivity contribution is 0.0950. The van der Waals surface area contributed by atoms with Crippen molar-refractivity contribution in [3.05, 3.63) is 63.1 Å². The number of hydrogen-bond acceptors (Lipinski definition) is 3. The number of nitrogens with zero attached hydrogens (tertiary/aromatic N) is 1. The molecule has 1 N–H and O–H groups in total. The van der Waals surface area contributed by atoms with Crippen LogP contribution in [0, 0.1) is 5.92 Å². The number of benzene rings is 1. The highest BCUT2D eigenvalue weighted by molar-refractivity contribution is 6.01. The number of carbonyl (C=O) groups is 2. The van der Waals surface area contributed by atoms with Crippen molar-refractivity contribution in [2.45, 2.75) is 59.3 Å². The first kappa shape index (κ1) is 21.0. The maximum absolute atomic E-state index is 13.3. The van der Waals surface area contributed by atoms with Crippen molar-refractivity contribution in [2.75, 3.05) is 6.54 Å². The zero-order chi connectivity index (χ0) is 21.1. The summed E-state index contributed by atoms with van der Waals surface area (Å²) in [4.78, 5) is 38.6. The van der Waals surface area contributed by atoms with Crippen LogP contribution in [0.1, 0.15) is 84.8 Å². The molecule has 1 aromatic carbocycles. The monoisotopic (exact) mass is 394 g/mol. The number of fused-ring (bicyclic) bond motifs is 1. The molecule has 0 atom stereocenters. The predicted octanol–water partition coefficient (Wildman–Crippen LogP) is 4.26. The summed E-state index contributed by atoms with van der Waals surface area (Å²) in [5.74, 6) is 0.422. The van der Waals surface area contributed by atoms with Gasteiger partial charge in [-0.15, -0.1) is 0 Å². The van der Waals surface area contributed by atoms with Gasteiger partial charge in [0.05, 0.1) is 0 Å². The smallest absolute Gasteiger partial charge is 0.268 e. The van der Waals surface area contributed by atoms with Gasteiger partial charge >= 0.3 is 0 Å². The number of amides is 1. The lowest BCUT2D eigenvalue weighted by atomic mass is 9.92. The highest BCUT2D eigenvalue weighted by Gasteiger charge is 2.26. The van der Waals surface area contributed by atoms with Crippen LogP contribution in [0.5, 0.6) is 0 Å². The molecular weight excluding hydrogens is 364 g/mol. The molecule has 3 rings (SSSR count). The number of Topliss-reactive ketones (excluding diaryl/α,β-unsaturated/α-hetero) is 1. The first-order valence-electron chi connectivity index (χ1n) is 10.5. The van der Waals surface area contributed by atoms with Crippen LogP contribution in [-0.4, -0.2) is 22.8 Å². The summed E-state index contributed by atoms with van der Waals surface area (Å²) >= 11 is 0. The van der Waals surface area contributed by atoms with Gasteiger partial charge < -0.3 is 5.32 Å². The van der Waals surface area contributed by atoms with Crippen LogP contribution >= 0.6 is 0 Å².